The molecule has 1 atom stereocenters. The molecule has 7 heteroatoms. The van der Waals surface area contributed by atoms with E-state index in [1.165, 1.54) is 6.42 Å². The maximum atomic E-state index is 12.3. The number of guanidine groups is 1. The number of hydrogen-bond acceptors (Lipinski definition) is 4. The molecule has 2 heterocycles. The van der Waals surface area contributed by atoms with Crippen LogP contribution in [0.3, 0.4) is 0 Å². The SMILES string of the molecule is CCNC(=NCc1nc(C)c(C)o1)NCCC(=O)N1CCCC(C)C1. The van der Waals surface area contributed by atoms with Crippen molar-refractivity contribution in [3.8, 4) is 0 Å². The summed E-state index contributed by atoms with van der Waals surface area (Å²) < 4.78 is 5.54. The number of carbonyl (C=O) groups is 1. The van der Waals surface area contributed by atoms with E-state index in [0.717, 1.165) is 37.5 Å². The molecule has 1 aliphatic heterocycles. The van der Waals surface area contributed by atoms with Crippen LogP contribution in [0.4, 0.5) is 0 Å². The van der Waals surface area contributed by atoms with Gasteiger partial charge < -0.3 is 20.0 Å². The quantitative estimate of drug-likeness (QED) is 0.606. The number of oxazole rings is 1. The summed E-state index contributed by atoms with van der Waals surface area (Å²) in [4.78, 5) is 23.1. The Bertz CT molecular complexity index is 577. The molecule has 2 rings (SSSR count). The molecule has 7 nitrogen and oxygen atoms in total. The minimum Gasteiger partial charge on any atom is -0.444 e. The molecule has 2 N–H and O–H groups in total. The second-order valence-electron chi connectivity index (χ2n) is 6.71. The lowest BCUT2D eigenvalue weighted by Crippen LogP contribution is -2.42. The first-order valence-electron chi connectivity index (χ1n) is 9.22. The molecule has 0 spiro atoms. The summed E-state index contributed by atoms with van der Waals surface area (Å²) in [5.74, 6) is 2.93. The molecule has 0 radical (unpaired) electrons. The molecule has 0 bridgehead atoms. The zero-order valence-corrected chi connectivity index (χ0v) is 15.9. The van der Waals surface area contributed by atoms with Gasteiger partial charge in [0, 0.05) is 32.6 Å². The van der Waals surface area contributed by atoms with Gasteiger partial charge in [-0.05, 0) is 39.5 Å². The van der Waals surface area contributed by atoms with E-state index in [1.54, 1.807) is 0 Å². The number of nitrogens with zero attached hydrogens (tertiary/aromatic N) is 3. The summed E-state index contributed by atoms with van der Waals surface area (Å²) in [5, 5.41) is 6.39. The average Bonchev–Trinajstić information content (AvgIpc) is 2.90. The summed E-state index contributed by atoms with van der Waals surface area (Å²) in [6, 6.07) is 0. The highest BCUT2D eigenvalue weighted by Crippen LogP contribution is 2.15. The number of aliphatic imine (C=N–C) groups is 1. The van der Waals surface area contributed by atoms with Gasteiger partial charge in [-0.25, -0.2) is 9.98 Å². The molecule has 0 aromatic carbocycles. The van der Waals surface area contributed by atoms with Gasteiger partial charge in [0.25, 0.3) is 0 Å². The van der Waals surface area contributed by atoms with Gasteiger partial charge in [0.05, 0.1) is 5.69 Å². The van der Waals surface area contributed by atoms with Crippen LogP contribution < -0.4 is 10.6 Å². The highest BCUT2D eigenvalue weighted by molar-refractivity contribution is 5.81. The van der Waals surface area contributed by atoms with E-state index in [0.29, 0.717) is 37.3 Å². The lowest BCUT2D eigenvalue weighted by Gasteiger charge is -2.31. The fourth-order valence-corrected chi connectivity index (χ4v) is 2.96. The van der Waals surface area contributed by atoms with Crippen molar-refractivity contribution in [2.45, 2.75) is 53.5 Å². The van der Waals surface area contributed by atoms with E-state index < -0.39 is 0 Å². The van der Waals surface area contributed by atoms with Crippen LogP contribution >= 0.6 is 0 Å². The summed E-state index contributed by atoms with van der Waals surface area (Å²) in [6.45, 7) is 11.5. The number of aromatic nitrogens is 1. The van der Waals surface area contributed by atoms with Gasteiger partial charge in [-0.1, -0.05) is 6.92 Å². The van der Waals surface area contributed by atoms with E-state index in [9.17, 15) is 4.79 Å². The number of hydrogen-bond donors (Lipinski definition) is 2. The highest BCUT2D eigenvalue weighted by atomic mass is 16.4. The number of nitrogens with one attached hydrogen (secondary N) is 2. The molecule has 0 saturated carbocycles. The third-order valence-corrected chi connectivity index (χ3v) is 4.43. The smallest absolute Gasteiger partial charge is 0.224 e. The maximum absolute atomic E-state index is 12.3. The number of likely N-dealkylation sites (tertiary alicyclic amines) is 1. The Kier molecular flexibility index (Phi) is 7.28. The van der Waals surface area contributed by atoms with Gasteiger partial charge in [-0.2, -0.15) is 0 Å². The van der Waals surface area contributed by atoms with Crippen molar-refractivity contribution in [1.82, 2.24) is 20.5 Å². The van der Waals surface area contributed by atoms with Crippen LogP contribution in [-0.2, 0) is 11.3 Å². The molecule has 1 unspecified atom stereocenters. The van der Waals surface area contributed by atoms with Crippen LogP contribution in [0.25, 0.3) is 0 Å². The third kappa shape index (κ3) is 6.07. The van der Waals surface area contributed by atoms with Crippen molar-refractivity contribution in [3.05, 3.63) is 17.3 Å². The largest absolute Gasteiger partial charge is 0.444 e. The minimum absolute atomic E-state index is 0.217. The van der Waals surface area contributed by atoms with Crippen molar-refractivity contribution < 1.29 is 9.21 Å². The van der Waals surface area contributed by atoms with Crippen molar-refractivity contribution >= 4 is 11.9 Å². The Morgan fingerprint density at radius 1 is 1.40 bits per heavy atom. The summed E-state index contributed by atoms with van der Waals surface area (Å²) in [5.41, 5.74) is 0.893. The Labute approximate surface area is 150 Å². The highest BCUT2D eigenvalue weighted by Gasteiger charge is 2.20. The predicted molar refractivity (Wildman–Crippen MR) is 98.4 cm³/mol. The summed E-state index contributed by atoms with van der Waals surface area (Å²) in [7, 11) is 0. The van der Waals surface area contributed by atoms with E-state index in [1.807, 2.05) is 25.7 Å². The predicted octanol–water partition coefficient (Wildman–Crippen LogP) is 2.00. The topological polar surface area (TPSA) is 82.8 Å². The van der Waals surface area contributed by atoms with Crippen molar-refractivity contribution in [1.29, 1.82) is 0 Å². The van der Waals surface area contributed by atoms with Gasteiger partial charge in [0.2, 0.25) is 11.8 Å². The van der Waals surface area contributed by atoms with Crippen LogP contribution in [0.1, 0.15) is 50.5 Å². The molecule has 1 amide bonds. The van der Waals surface area contributed by atoms with Crippen molar-refractivity contribution in [2.75, 3.05) is 26.2 Å². The first-order valence-corrected chi connectivity index (χ1v) is 9.22. The molecule has 1 aromatic rings. The second-order valence-corrected chi connectivity index (χ2v) is 6.71. The number of piperidine rings is 1. The lowest BCUT2D eigenvalue weighted by atomic mass is 10.00. The lowest BCUT2D eigenvalue weighted by molar-refractivity contribution is -0.132. The fourth-order valence-electron chi connectivity index (χ4n) is 2.96. The number of amides is 1. The van der Waals surface area contributed by atoms with Crippen molar-refractivity contribution in [3.63, 3.8) is 0 Å². The third-order valence-electron chi connectivity index (χ3n) is 4.43. The van der Waals surface area contributed by atoms with Gasteiger partial charge in [-0.15, -0.1) is 0 Å². The van der Waals surface area contributed by atoms with Crippen LogP contribution in [0.5, 0.6) is 0 Å². The zero-order chi connectivity index (χ0) is 18.2. The van der Waals surface area contributed by atoms with Gasteiger partial charge >= 0.3 is 0 Å². The van der Waals surface area contributed by atoms with E-state index in [2.05, 4.69) is 27.5 Å². The Morgan fingerprint density at radius 2 is 2.20 bits per heavy atom. The molecule has 140 valence electrons. The standard InChI is InChI=1S/C18H31N5O2/c1-5-19-18(21-11-16-22-14(3)15(4)25-16)20-9-8-17(24)23-10-6-7-13(2)12-23/h13H,5-12H2,1-4H3,(H2,19,20,21). The van der Waals surface area contributed by atoms with Gasteiger partial charge in [-0.3, -0.25) is 4.79 Å². The van der Waals surface area contributed by atoms with Gasteiger partial charge in [0.1, 0.15) is 12.3 Å². The molecular weight excluding hydrogens is 318 g/mol. The number of carbonyl (C=O) groups excluding carboxylic acids is 1. The normalized spacial score (nSPS) is 18.3. The first kappa shape index (κ1) is 19.3. The molecular formula is C18H31N5O2. The number of aryl methyl sites for hydroxylation is 2. The van der Waals surface area contributed by atoms with Crippen LogP contribution in [0, 0.1) is 19.8 Å². The molecule has 1 aliphatic rings. The monoisotopic (exact) mass is 349 g/mol. The van der Waals surface area contributed by atoms with Crippen LogP contribution in [0.2, 0.25) is 0 Å². The molecule has 25 heavy (non-hydrogen) atoms. The minimum atomic E-state index is 0.217. The molecule has 0 aliphatic carbocycles. The molecule has 1 saturated heterocycles. The Morgan fingerprint density at radius 3 is 2.84 bits per heavy atom. The Hall–Kier alpha value is -2.05. The van der Waals surface area contributed by atoms with E-state index >= 15 is 0 Å². The van der Waals surface area contributed by atoms with Crippen LogP contribution in [-0.4, -0.2) is 47.9 Å². The van der Waals surface area contributed by atoms with Gasteiger partial charge in [0.15, 0.2) is 5.96 Å². The van der Waals surface area contributed by atoms with Crippen LogP contribution in [0.15, 0.2) is 9.41 Å². The second kappa shape index (κ2) is 9.44. The van der Waals surface area contributed by atoms with Crippen molar-refractivity contribution in [2.24, 2.45) is 10.9 Å². The summed E-state index contributed by atoms with van der Waals surface area (Å²) >= 11 is 0. The fraction of sp³-hybridized carbons (Fsp3) is 0.722. The zero-order valence-electron chi connectivity index (χ0n) is 15.9. The van der Waals surface area contributed by atoms with E-state index in [-0.39, 0.29) is 5.91 Å². The first-order chi connectivity index (χ1) is 12.0. The Balaban J connectivity index is 1.80. The number of rotatable bonds is 6. The summed E-state index contributed by atoms with van der Waals surface area (Å²) in [6.07, 6.45) is 2.81. The molecule has 1 fully saturated rings. The maximum Gasteiger partial charge on any atom is 0.224 e. The molecule has 1 aromatic heterocycles. The average molecular weight is 349 g/mol. The van der Waals surface area contributed by atoms with E-state index in [4.69, 9.17) is 4.42 Å².